The summed E-state index contributed by atoms with van der Waals surface area (Å²) >= 11 is 5.87. The van der Waals surface area contributed by atoms with E-state index in [1.54, 1.807) is 24.3 Å². The van der Waals surface area contributed by atoms with E-state index in [0.717, 1.165) is 11.1 Å². The average Bonchev–Trinajstić information content (AvgIpc) is 2.45. The third-order valence-electron chi connectivity index (χ3n) is 3.25. The van der Waals surface area contributed by atoms with Crippen LogP contribution in [0.5, 0.6) is 5.75 Å². The van der Waals surface area contributed by atoms with Gasteiger partial charge < -0.3 is 9.84 Å². The van der Waals surface area contributed by atoms with Crippen molar-refractivity contribution in [2.45, 2.75) is 19.3 Å². The number of aryl methyl sites for hydroxylation is 1. The van der Waals surface area contributed by atoms with Gasteiger partial charge in [0.25, 0.3) is 0 Å². The molecule has 2 aromatic carbocycles. The molecule has 2 rings (SSSR count). The number of rotatable bonds is 6. The molecule has 0 bridgehead atoms. The van der Waals surface area contributed by atoms with E-state index in [0.29, 0.717) is 23.8 Å². The fourth-order valence-electron chi connectivity index (χ4n) is 2.08. The SMILES string of the molecule is Cc1ccc(C(CCOc2cccc(Cl)c2)C(=O)O)cc1. The normalized spacial score (nSPS) is 11.9. The van der Waals surface area contributed by atoms with Gasteiger partial charge in [-0.1, -0.05) is 47.5 Å². The van der Waals surface area contributed by atoms with E-state index >= 15 is 0 Å². The number of aliphatic carboxylic acids is 1. The van der Waals surface area contributed by atoms with Gasteiger partial charge in [0.2, 0.25) is 0 Å². The minimum absolute atomic E-state index is 0.325. The molecular formula is C17H17ClO3. The highest BCUT2D eigenvalue weighted by molar-refractivity contribution is 6.30. The number of carboxylic acids is 1. The predicted octanol–water partition coefficient (Wildman–Crippen LogP) is 4.29. The van der Waals surface area contributed by atoms with Crippen LogP contribution in [0.4, 0.5) is 0 Å². The highest BCUT2D eigenvalue weighted by Crippen LogP contribution is 2.22. The van der Waals surface area contributed by atoms with Crippen LogP contribution >= 0.6 is 11.6 Å². The van der Waals surface area contributed by atoms with Crippen LogP contribution in [0.25, 0.3) is 0 Å². The average molecular weight is 305 g/mol. The standard InChI is InChI=1S/C17H17ClO3/c1-12-5-7-13(8-6-12)16(17(19)20)9-10-21-15-4-2-3-14(18)11-15/h2-8,11,16H,9-10H2,1H3,(H,19,20). The molecule has 4 heteroatoms. The Hall–Kier alpha value is -2.00. The number of carboxylic acid groups (broad SMARTS) is 1. The van der Waals surface area contributed by atoms with Crippen LogP contribution in [0.2, 0.25) is 5.02 Å². The minimum atomic E-state index is -0.839. The second-order valence-electron chi connectivity index (χ2n) is 4.90. The summed E-state index contributed by atoms with van der Waals surface area (Å²) in [6.07, 6.45) is 0.408. The maximum absolute atomic E-state index is 11.4. The fourth-order valence-corrected chi connectivity index (χ4v) is 2.26. The Balaban J connectivity index is 1.98. The summed E-state index contributed by atoms with van der Waals surface area (Å²) in [4.78, 5) is 11.4. The van der Waals surface area contributed by atoms with E-state index in [4.69, 9.17) is 16.3 Å². The molecule has 0 aliphatic carbocycles. The number of hydrogen-bond acceptors (Lipinski definition) is 2. The number of halogens is 1. The smallest absolute Gasteiger partial charge is 0.311 e. The highest BCUT2D eigenvalue weighted by Gasteiger charge is 2.19. The zero-order valence-corrected chi connectivity index (χ0v) is 12.5. The molecule has 3 nitrogen and oxygen atoms in total. The van der Waals surface area contributed by atoms with Gasteiger partial charge in [-0.15, -0.1) is 0 Å². The summed E-state index contributed by atoms with van der Waals surface area (Å²) in [6.45, 7) is 2.30. The van der Waals surface area contributed by atoms with Crippen molar-refractivity contribution in [2.24, 2.45) is 0 Å². The Kier molecular flexibility index (Phi) is 5.23. The Morgan fingerprint density at radius 1 is 1.24 bits per heavy atom. The van der Waals surface area contributed by atoms with Crippen molar-refractivity contribution in [1.29, 1.82) is 0 Å². The minimum Gasteiger partial charge on any atom is -0.494 e. The number of hydrogen-bond donors (Lipinski definition) is 1. The van der Waals surface area contributed by atoms with Crippen LogP contribution in [-0.2, 0) is 4.79 Å². The van der Waals surface area contributed by atoms with Gasteiger partial charge in [0, 0.05) is 5.02 Å². The summed E-state index contributed by atoms with van der Waals surface area (Å²) in [7, 11) is 0. The van der Waals surface area contributed by atoms with Gasteiger partial charge in [-0.3, -0.25) is 4.79 Å². The maximum atomic E-state index is 11.4. The van der Waals surface area contributed by atoms with Crippen molar-refractivity contribution in [3.63, 3.8) is 0 Å². The summed E-state index contributed by atoms with van der Waals surface area (Å²) in [5, 5.41) is 9.96. The first-order valence-corrected chi connectivity index (χ1v) is 7.12. The van der Waals surface area contributed by atoms with E-state index in [1.807, 2.05) is 31.2 Å². The summed E-state index contributed by atoms with van der Waals surface area (Å²) in [6, 6.07) is 14.6. The van der Waals surface area contributed by atoms with E-state index in [9.17, 15) is 9.90 Å². The van der Waals surface area contributed by atoms with Crippen LogP contribution in [0.1, 0.15) is 23.5 Å². The summed E-state index contributed by atoms with van der Waals surface area (Å²) < 4.78 is 5.56. The van der Waals surface area contributed by atoms with Gasteiger partial charge in [-0.05, 0) is 37.1 Å². The van der Waals surface area contributed by atoms with Crippen LogP contribution < -0.4 is 4.74 Å². The Morgan fingerprint density at radius 3 is 2.57 bits per heavy atom. The molecule has 1 unspecified atom stereocenters. The molecule has 0 spiro atoms. The van der Waals surface area contributed by atoms with Crippen molar-refractivity contribution in [3.05, 3.63) is 64.7 Å². The third kappa shape index (κ3) is 4.50. The van der Waals surface area contributed by atoms with Crippen molar-refractivity contribution in [1.82, 2.24) is 0 Å². The first kappa shape index (κ1) is 15.4. The quantitative estimate of drug-likeness (QED) is 0.866. The lowest BCUT2D eigenvalue weighted by Gasteiger charge is -2.14. The lowest BCUT2D eigenvalue weighted by molar-refractivity contribution is -0.139. The molecule has 0 heterocycles. The lowest BCUT2D eigenvalue weighted by Crippen LogP contribution is -2.15. The van der Waals surface area contributed by atoms with Crippen LogP contribution in [0, 0.1) is 6.92 Å². The van der Waals surface area contributed by atoms with Gasteiger partial charge in [0.05, 0.1) is 12.5 Å². The number of carbonyl (C=O) groups is 1. The topological polar surface area (TPSA) is 46.5 Å². The van der Waals surface area contributed by atoms with Gasteiger partial charge in [0.1, 0.15) is 5.75 Å². The van der Waals surface area contributed by atoms with Crippen molar-refractivity contribution in [3.8, 4) is 5.75 Å². The Morgan fingerprint density at radius 2 is 1.95 bits per heavy atom. The van der Waals surface area contributed by atoms with Gasteiger partial charge in [-0.2, -0.15) is 0 Å². The van der Waals surface area contributed by atoms with Crippen LogP contribution in [0.15, 0.2) is 48.5 Å². The lowest BCUT2D eigenvalue weighted by atomic mass is 9.95. The zero-order chi connectivity index (χ0) is 15.2. The molecule has 1 atom stereocenters. The zero-order valence-electron chi connectivity index (χ0n) is 11.8. The summed E-state index contributed by atoms with van der Waals surface area (Å²) in [5.74, 6) is -0.756. The first-order chi connectivity index (χ1) is 10.1. The molecule has 0 aliphatic heterocycles. The predicted molar refractivity (Wildman–Crippen MR) is 83.1 cm³/mol. The second kappa shape index (κ2) is 7.14. The number of benzene rings is 2. The molecule has 0 radical (unpaired) electrons. The van der Waals surface area contributed by atoms with Crippen LogP contribution in [-0.4, -0.2) is 17.7 Å². The molecule has 0 amide bonds. The number of ether oxygens (including phenoxy) is 1. The first-order valence-electron chi connectivity index (χ1n) is 6.74. The Bertz CT molecular complexity index is 608. The van der Waals surface area contributed by atoms with E-state index in [-0.39, 0.29) is 0 Å². The highest BCUT2D eigenvalue weighted by atomic mass is 35.5. The molecule has 1 N–H and O–H groups in total. The van der Waals surface area contributed by atoms with Crippen LogP contribution in [0.3, 0.4) is 0 Å². The Labute approximate surface area is 129 Å². The molecule has 0 saturated heterocycles. The maximum Gasteiger partial charge on any atom is 0.311 e. The third-order valence-corrected chi connectivity index (χ3v) is 3.48. The molecule has 110 valence electrons. The largest absolute Gasteiger partial charge is 0.494 e. The fraction of sp³-hybridized carbons (Fsp3) is 0.235. The molecule has 0 aromatic heterocycles. The molecule has 0 saturated carbocycles. The van der Waals surface area contributed by atoms with Gasteiger partial charge >= 0.3 is 5.97 Å². The monoisotopic (exact) mass is 304 g/mol. The van der Waals surface area contributed by atoms with E-state index < -0.39 is 11.9 Å². The van der Waals surface area contributed by atoms with Gasteiger partial charge in [-0.25, -0.2) is 0 Å². The molecule has 2 aromatic rings. The molecule has 0 fully saturated rings. The van der Waals surface area contributed by atoms with Crippen molar-refractivity contribution < 1.29 is 14.6 Å². The van der Waals surface area contributed by atoms with E-state index in [2.05, 4.69) is 0 Å². The summed E-state index contributed by atoms with van der Waals surface area (Å²) in [5.41, 5.74) is 1.90. The van der Waals surface area contributed by atoms with Crippen molar-refractivity contribution >= 4 is 17.6 Å². The molecular weight excluding hydrogens is 288 g/mol. The molecule has 0 aliphatic rings. The van der Waals surface area contributed by atoms with Gasteiger partial charge in [0.15, 0.2) is 0 Å². The second-order valence-corrected chi connectivity index (χ2v) is 5.33. The van der Waals surface area contributed by atoms with E-state index in [1.165, 1.54) is 0 Å². The van der Waals surface area contributed by atoms with Crippen molar-refractivity contribution in [2.75, 3.05) is 6.61 Å². The molecule has 21 heavy (non-hydrogen) atoms.